The standard InChI is InChI=1S/C46H32N2S/c1-5-17-33(18-6-1)39-27-15-16-28-41(39)48(38-25-11-4-12-26-38)43-30-29-42(47(36-21-7-2-8-22-36)37-23-9-3-10-24-37)45-40-31-34-19-13-14-20-35(34)32-44(40)49-46(43)45/h1-32H. The summed E-state index contributed by atoms with van der Waals surface area (Å²) in [5.74, 6) is 0. The van der Waals surface area contributed by atoms with Crippen LogP contribution in [0.2, 0.25) is 0 Å². The molecule has 0 bridgehead atoms. The minimum atomic E-state index is 1.12. The van der Waals surface area contributed by atoms with Crippen molar-refractivity contribution in [3.05, 3.63) is 194 Å². The molecule has 0 unspecified atom stereocenters. The summed E-state index contributed by atoms with van der Waals surface area (Å²) in [6, 6.07) is 69.8. The normalized spacial score (nSPS) is 11.3. The van der Waals surface area contributed by atoms with Gasteiger partial charge in [0, 0.05) is 38.1 Å². The third kappa shape index (κ3) is 5.22. The molecule has 0 atom stereocenters. The Morgan fingerprint density at radius 3 is 1.49 bits per heavy atom. The minimum absolute atomic E-state index is 1.12. The van der Waals surface area contributed by atoms with Gasteiger partial charge in [-0.15, -0.1) is 11.3 Å². The van der Waals surface area contributed by atoms with Crippen molar-refractivity contribution in [1.82, 2.24) is 0 Å². The molecule has 0 fully saturated rings. The van der Waals surface area contributed by atoms with E-state index in [1.54, 1.807) is 0 Å². The molecule has 49 heavy (non-hydrogen) atoms. The van der Waals surface area contributed by atoms with Crippen molar-refractivity contribution >= 4 is 76.4 Å². The van der Waals surface area contributed by atoms with Crippen LogP contribution in [0.5, 0.6) is 0 Å². The first-order valence-corrected chi connectivity index (χ1v) is 17.4. The fourth-order valence-electron chi connectivity index (χ4n) is 6.99. The predicted octanol–water partition coefficient (Wildman–Crippen LogP) is 13.8. The van der Waals surface area contributed by atoms with Crippen molar-refractivity contribution < 1.29 is 0 Å². The minimum Gasteiger partial charge on any atom is -0.310 e. The van der Waals surface area contributed by atoms with Gasteiger partial charge < -0.3 is 9.80 Å². The molecule has 1 aromatic heterocycles. The number of rotatable bonds is 7. The maximum atomic E-state index is 2.44. The lowest BCUT2D eigenvalue weighted by molar-refractivity contribution is 1.28. The van der Waals surface area contributed by atoms with Gasteiger partial charge in [0.1, 0.15) is 0 Å². The Balaban J connectivity index is 1.39. The van der Waals surface area contributed by atoms with Gasteiger partial charge in [-0.05, 0) is 83.1 Å². The van der Waals surface area contributed by atoms with E-state index in [9.17, 15) is 0 Å². The lowest BCUT2D eigenvalue weighted by Crippen LogP contribution is -2.13. The Morgan fingerprint density at radius 1 is 0.367 bits per heavy atom. The van der Waals surface area contributed by atoms with E-state index in [1.165, 1.54) is 42.1 Å². The second-order valence-electron chi connectivity index (χ2n) is 12.2. The highest BCUT2D eigenvalue weighted by atomic mass is 32.1. The molecule has 3 heteroatoms. The third-order valence-corrected chi connectivity index (χ3v) is 10.4. The number of nitrogens with zero attached hydrogens (tertiary/aromatic N) is 2. The lowest BCUT2D eigenvalue weighted by Gasteiger charge is -2.30. The average molecular weight is 645 g/mol. The van der Waals surface area contributed by atoms with Crippen molar-refractivity contribution in [2.45, 2.75) is 0 Å². The third-order valence-electron chi connectivity index (χ3n) is 9.20. The highest BCUT2D eigenvalue weighted by Crippen LogP contribution is 2.52. The molecule has 0 aliphatic heterocycles. The van der Waals surface area contributed by atoms with Crippen molar-refractivity contribution in [1.29, 1.82) is 0 Å². The Kier molecular flexibility index (Phi) is 7.38. The van der Waals surface area contributed by atoms with Crippen LogP contribution in [0.3, 0.4) is 0 Å². The first-order chi connectivity index (χ1) is 24.3. The van der Waals surface area contributed by atoms with Crippen molar-refractivity contribution in [3.63, 3.8) is 0 Å². The van der Waals surface area contributed by atoms with E-state index in [0.717, 1.165) is 34.1 Å². The van der Waals surface area contributed by atoms with Crippen molar-refractivity contribution in [2.24, 2.45) is 0 Å². The Morgan fingerprint density at radius 2 is 0.857 bits per heavy atom. The zero-order valence-electron chi connectivity index (χ0n) is 26.8. The summed E-state index contributed by atoms with van der Waals surface area (Å²) < 4.78 is 2.51. The van der Waals surface area contributed by atoms with Gasteiger partial charge in [-0.3, -0.25) is 0 Å². The van der Waals surface area contributed by atoms with Crippen LogP contribution >= 0.6 is 11.3 Å². The van der Waals surface area contributed by atoms with Crippen molar-refractivity contribution in [3.8, 4) is 11.1 Å². The molecule has 0 spiro atoms. The van der Waals surface area contributed by atoms with Crippen molar-refractivity contribution in [2.75, 3.05) is 9.80 Å². The molecule has 0 N–H and O–H groups in total. The zero-order chi connectivity index (χ0) is 32.6. The zero-order valence-corrected chi connectivity index (χ0v) is 27.6. The molecular weight excluding hydrogens is 613 g/mol. The van der Waals surface area contributed by atoms with Crippen LogP contribution in [-0.2, 0) is 0 Å². The number of anilines is 6. The maximum Gasteiger partial charge on any atom is 0.0642 e. The van der Waals surface area contributed by atoms with Crippen LogP contribution < -0.4 is 9.80 Å². The topological polar surface area (TPSA) is 6.48 Å². The summed E-state index contributed by atoms with van der Waals surface area (Å²) in [5.41, 5.74) is 9.18. The monoisotopic (exact) mass is 644 g/mol. The highest BCUT2D eigenvalue weighted by Gasteiger charge is 2.25. The number of fused-ring (bicyclic) bond motifs is 4. The molecule has 0 radical (unpaired) electrons. The smallest absolute Gasteiger partial charge is 0.0642 e. The van der Waals surface area contributed by atoms with Gasteiger partial charge in [-0.25, -0.2) is 0 Å². The first kappa shape index (κ1) is 29.0. The van der Waals surface area contributed by atoms with Gasteiger partial charge in [0.2, 0.25) is 0 Å². The van der Waals surface area contributed by atoms with Gasteiger partial charge in [-0.1, -0.05) is 127 Å². The second kappa shape index (κ2) is 12.5. The van der Waals surface area contributed by atoms with Crippen LogP contribution in [0, 0.1) is 0 Å². The number of para-hydroxylation sites is 4. The summed E-state index contributed by atoms with van der Waals surface area (Å²) in [7, 11) is 0. The number of hydrogen-bond donors (Lipinski definition) is 0. The Hall–Kier alpha value is -6.16. The van der Waals surface area contributed by atoms with E-state index < -0.39 is 0 Å². The molecule has 0 saturated heterocycles. The second-order valence-corrected chi connectivity index (χ2v) is 13.2. The molecule has 0 aliphatic carbocycles. The van der Waals surface area contributed by atoms with E-state index in [4.69, 9.17) is 0 Å². The SMILES string of the molecule is c1ccc(-c2ccccc2N(c2ccccc2)c2ccc(N(c3ccccc3)c3ccccc3)c3c2sc2cc4ccccc4cc23)cc1. The summed E-state index contributed by atoms with van der Waals surface area (Å²) in [5, 5.41) is 5.00. The maximum absolute atomic E-state index is 2.44. The Bertz CT molecular complexity index is 2500. The van der Waals surface area contributed by atoms with E-state index in [0.29, 0.717) is 0 Å². The van der Waals surface area contributed by atoms with Crippen LogP contribution in [-0.4, -0.2) is 0 Å². The summed E-state index contributed by atoms with van der Waals surface area (Å²) >= 11 is 1.88. The van der Waals surface area contributed by atoms with Crippen LogP contribution in [0.1, 0.15) is 0 Å². The fraction of sp³-hybridized carbons (Fsp3) is 0. The summed E-state index contributed by atoms with van der Waals surface area (Å²) in [6.45, 7) is 0. The van der Waals surface area contributed by atoms with Crippen LogP contribution in [0.25, 0.3) is 42.1 Å². The first-order valence-electron chi connectivity index (χ1n) is 16.6. The lowest BCUT2D eigenvalue weighted by atomic mass is 10.0. The number of thiophene rings is 1. The fourth-order valence-corrected chi connectivity index (χ4v) is 8.25. The quantitative estimate of drug-likeness (QED) is 0.170. The molecular formula is C46H32N2S. The van der Waals surface area contributed by atoms with Gasteiger partial charge in [0.05, 0.1) is 21.8 Å². The van der Waals surface area contributed by atoms with Gasteiger partial charge >= 0.3 is 0 Å². The van der Waals surface area contributed by atoms with E-state index in [2.05, 4.69) is 204 Å². The molecule has 0 saturated carbocycles. The summed E-state index contributed by atoms with van der Waals surface area (Å²) in [6.07, 6.45) is 0. The molecule has 9 aromatic rings. The van der Waals surface area contributed by atoms with Crippen LogP contribution in [0.4, 0.5) is 34.1 Å². The van der Waals surface area contributed by atoms with E-state index in [1.807, 2.05) is 11.3 Å². The number of benzene rings is 8. The van der Waals surface area contributed by atoms with Crippen LogP contribution in [0.15, 0.2) is 194 Å². The average Bonchev–Trinajstić information content (AvgIpc) is 3.55. The van der Waals surface area contributed by atoms with E-state index >= 15 is 0 Å². The van der Waals surface area contributed by atoms with Gasteiger partial charge in [0.25, 0.3) is 0 Å². The molecule has 9 rings (SSSR count). The van der Waals surface area contributed by atoms with E-state index in [-0.39, 0.29) is 0 Å². The molecule has 232 valence electrons. The summed E-state index contributed by atoms with van der Waals surface area (Å²) in [4.78, 5) is 4.84. The molecule has 0 amide bonds. The molecule has 0 aliphatic rings. The molecule has 2 nitrogen and oxygen atoms in total. The largest absolute Gasteiger partial charge is 0.310 e. The van der Waals surface area contributed by atoms with Gasteiger partial charge in [-0.2, -0.15) is 0 Å². The molecule has 1 heterocycles. The highest BCUT2D eigenvalue weighted by molar-refractivity contribution is 7.26. The number of hydrogen-bond acceptors (Lipinski definition) is 3. The molecule has 8 aromatic carbocycles. The Labute approximate surface area is 290 Å². The predicted molar refractivity (Wildman–Crippen MR) is 212 cm³/mol. The van der Waals surface area contributed by atoms with Gasteiger partial charge in [0.15, 0.2) is 0 Å².